The van der Waals surface area contributed by atoms with E-state index < -0.39 is 0 Å². The van der Waals surface area contributed by atoms with Crippen molar-refractivity contribution in [3.05, 3.63) is 0 Å². The first-order chi connectivity index (χ1) is 8.10. The second kappa shape index (κ2) is 10.9. The van der Waals surface area contributed by atoms with Gasteiger partial charge in [-0.15, -0.1) is 0 Å². The quantitative estimate of drug-likeness (QED) is 0.592. The van der Waals surface area contributed by atoms with E-state index in [1.54, 1.807) is 0 Å². The van der Waals surface area contributed by atoms with Gasteiger partial charge in [-0.05, 0) is 49.7 Å². The minimum absolute atomic E-state index is 0.158. The van der Waals surface area contributed by atoms with Gasteiger partial charge in [0, 0.05) is 13.0 Å². The lowest BCUT2D eigenvalue weighted by atomic mass is 9.94. The highest BCUT2D eigenvalue weighted by atomic mass is 32.2. The highest BCUT2D eigenvalue weighted by Gasteiger charge is 2.13. The molecule has 0 radical (unpaired) electrons. The second-order valence-corrected chi connectivity index (χ2v) is 5.97. The fraction of sp³-hybridized carbons (Fsp3) is 0.923. The normalized spacial score (nSPS) is 12.8. The number of nitrogens with two attached hydrogens (primary N) is 1. The summed E-state index contributed by atoms with van der Waals surface area (Å²) in [5, 5.41) is 2.98. The molecule has 0 aromatic heterocycles. The van der Waals surface area contributed by atoms with Crippen LogP contribution in [-0.4, -0.2) is 31.0 Å². The molecule has 1 atom stereocenters. The van der Waals surface area contributed by atoms with Gasteiger partial charge in [0.05, 0.1) is 0 Å². The molecule has 0 aliphatic heterocycles. The molecule has 0 bridgehead atoms. The minimum Gasteiger partial charge on any atom is -0.356 e. The van der Waals surface area contributed by atoms with Crippen molar-refractivity contribution in [2.75, 3.05) is 25.1 Å². The standard InChI is InChI=1S/C13H28N2OS/c1-11(2)8-12(10-14)9-13(16)15-6-4-5-7-17-3/h11-12H,4-10,14H2,1-3H3,(H,15,16). The van der Waals surface area contributed by atoms with Crippen LogP contribution < -0.4 is 11.1 Å². The smallest absolute Gasteiger partial charge is 0.220 e. The molecule has 0 aromatic rings. The van der Waals surface area contributed by atoms with Crippen molar-refractivity contribution in [1.29, 1.82) is 0 Å². The third-order valence-corrected chi connectivity index (χ3v) is 3.41. The van der Waals surface area contributed by atoms with E-state index in [4.69, 9.17) is 5.73 Å². The van der Waals surface area contributed by atoms with Crippen molar-refractivity contribution >= 4 is 17.7 Å². The Hall–Kier alpha value is -0.220. The number of unbranched alkanes of at least 4 members (excludes halogenated alkanes) is 1. The summed E-state index contributed by atoms with van der Waals surface area (Å²) in [5.74, 6) is 2.28. The topological polar surface area (TPSA) is 55.1 Å². The third kappa shape index (κ3) is 10.6. The summed E-state index contributed by atoms with van der Waals surface area (Å²) in [4.78, 5) is 11.7. The Kier molecular flexibility index (Phi) is 10.8. The molecule has 0 spiro atoms. The summed E-state index contributed by atoms with van der Waals surface area (Å²) in [6.07, 6.45) is 5.97. The van der Waals surface area contributed by atoms with Crippen molar-refractivity contribution in [3.8, 4) is 0 Å². The number of hydrogen-bond donors (Lipinski definition) is 2. The fourth-order valence-corrected chi connectivity index (χ4v) is 2.36. The molecule has 0 saturated carbocycles. The van der Waals surface area contributed by atoms with Crippen LogP contribution in [0.1, 0.15) is 39.5 Å². The van der Waals surface area contributed by atoms with Crippen LogP contribution in [0.5, 0.6) is 0 Å². The van der Waals surface area contributed by atoms with Crippen molar-refractivity contribution in [2.45, 2.75) is 39.5 Å². The fourth-order valence-electron chi connectivity index (χ4n) is 1.86. The number of hydrogen-bond acceptors (Lipinski definition) is 3. The van der Waals surface area contributed by atoms with E-state index in [2.05, 4.69) is 25.4 Å². The van der Waals surface area contributed by atoms with Crippen molar-refractivity contribution in [1.82, 2.24) is 5.32 Å². The minimum atomic E-state index is 0.158. The Bertz CT molecular complexity index is 198. The van der Waals surface area contributed by atoms with E-state index in [0.717, 1.165) is 19.4 Å². The van der Waals surface area contributed by atoms with Crippen LogP contribution in [0.3, 0.4) is 0 Å². The summed E-state index contributed by atoms with van der Waals surface area (Å²) >= 11 is 1.85. The molecule has 1 amide bonds. The Balaban J connectivity index is 3.61. The molecular formula is C13H28N2OS. The zero-order valence-corrected chi connectivity index (χ0v) is 12.3. The van der Waals surface area contributed by atoms with Gasteiger partial charge in [-0.1, -0.05) is 13.8 Å². The molecule has 0 fully saturated rings. The molecule has 1 unspecified atom stereocenters. The van der Waals surface area contributed by atoms with Crippen LogP contribution in [0, 0.1) is 11.8 Å². The molecule has 102 valence electrons. The number of carbonyl (C=O) groups is 1. The van der Waals surface area contributed by atoms with Crippen LogP contribution >= 0.6 is 11.8 Å². The highest BCUT2D eigenvalue weighted by molar-refractivity contribution is 7.98. The Labute approximate surface area is 110 Å². The largest absolute Gasteiger partial charge is 0.356 e. The maximum atomic E-state index is 11.7. The molecule has 0 aromatic carbocycles. The van der Waals surface area contributed by atoms with Gasteiger partial charge in [-0.3, -0.25) is 4.79 Å². The number of nitrogens with one attached hydrogen (secondary N) is 1. The molecular weight excluding hydrogens is 232 g/mol. The van der Waals surface area contributed by atoms with Gasteiger partial charge < -0.3 is 11.1 Å². The monoisotopic (exact) mass is 260 g/mol. The lowest BCUT2D eigenvalue weighted by molar-refractivity contribution is -0.122. The summed E-state index contributed by atoms with van der Waals surface area (Å²) in [5.41, 5.74) is 5.68. The van der Waals surface area contributed by atoms with Crippen molar-refractivity contribution in [2.24, 2.45) is 17.6 Å². The number of rotatable bonds is 10. The maximum Gasteiger partial charge on any atom is 0.220 e. The number of carbonyl (C=O) groups excluding carboxylic acids is 1. The summed E-state index contributed by atoms with van der Waals surface area (Å²) in [6.45, 7) is 5.75. The van der Waals surface area contributed by atoms with Gasteiger partial charge in [0.25, 0.3) is 0 Å². The molecule has 4 heteroatoms. The average molecular weight is 260 g/mol. The van der Waals surface area contributed by atoms with Crippen molar-refractivity contribution in [3.63, 3.8) is 0 Å². The SMILES string of the molecule is CSCCCCNC(=O)CC(CN)CC(C)C. The zero-order chi connectivity index (χ0) is 13.1. The van der Waals surface area contributed by atoms with E-state index in [1.807, 2.05) is 11.8 Å². The average Bonchev–Trinajstić information content (AvgIpc) is 2.27. The molecule has 0 heterocycles. The lowest BCUT2D eigenvalue weighted by Gasteiger charge is -2.16. The summed E-state index contributed by atoms with van der Waals surface area (Å²) in [7, 11) is 0. The predicted molar refractivity (Wildman–Crippen MR) is 77.2 cm³/mol. The van der Waals surface area contributed by atoms with E-state index >= 15 is 0 Å². The lowest BCUT2D eigenvalue weighted by Crippen LogP contribution is -2.29. The third-order valence-electron chi connectivity index (χ3n) is 2.71. The molecule has 3 N–H and O–H groups in total. The molecule has 0 aliphatic rings. The van der Waals surface area contributed by atoms with Gasteiger partial charge in [0.2, 0.25) is 5.91 Å². The van der Waals surface area contributed by atoms with Crippen molar-refractivity contribution < 1.29 is 4.79 Å². The van der Waals surface area contributed by atoms with Gasteiger partial charge in [0.15, 0.2) is 0 Å². The van der Waals surface area contributed by atoms with E-state index in [-0.39, 0.29) is 5.91 Å². The van der Waals surface area contributed by atoms with Crippen LogP contribution in [0.4, 0.5) is 0 Å². The number of amides is 1. The van der Waals surface area contributed by atoms with Crippen LogP contribution in [0.25, 0.3) is 0 Å². The van der Waals surface area contributed by atoms with Gasteiger partial charge in [-0.25, -0.2) is 0 Å². The van der Waals surface area contributed by atoms with Crippen LogP contribution in [0.2, 0.25) is 0 Å². The molecule has 17 heavy (non-hydrogen) atoms. The van der Waals surface area contributed by atoms with Gasteiger partial charge >= 0.3 is 0 Å². The molecule has 0 aliphatic carbocycles. The molecule has 0 rings (SSSR count). The van der Waals surface area contributed by atoms with E-state index in [1.165, 1.54) is 12.2 Å². The Morgan fingerprint density at radius 1 is 1.35 bits per heavy atom. The maximum absolute atomic E-state index is 11.7. The summed E-state index contributed by atoms with van der Waals surface area (Å²) in [6, 6.07) is 0. The first kappa shape index (κ1) is 16.8. The summed E-state index contributed by atoms with van der Waals surface area (Å²) < 4.78 is 0. The first-order valence-electron chi connectivity index (χ1n) is 6.55. The predicted octanol–water partition coefficient (Wildman–Crippen LogP) is 2.26. The Morgan fingerprint density at radius 3 is 2.59 bits per heavy atom. The van der Waals surface area contributed by atoms with Crippen LogP contribution in [-0.2, 0) is 4.79 Å². The van der Waals surface area contributed by atoms with E-state index in [0.29, 0.717) is 24.8 Å². The van der Waals surface area contributed by atoms with Gasteiger partial charge in [-0.2, -0.15) is 11.8 Å². The van der Waals surface area contributed by atoms with Gasteiger partial charge in [0.1, 0.15) is 0 Å². The van der Waals surface area contributed by atoms with Crippen LogP contribution in [0.15, 0.2) is 0 Å². The zero-order valence-electron chi connectivity index (χ0n) is 11.5. The first-order valence-corrected chi connectivity index (χ1v) is 7.95. The number of thioether (sulfide) groups is 1. The Morgan fingerprint density at radius 2 is 2.06 bits per heavy atom. The highest BCUT2D eigenvalue weighted by Crippen LogP contribution is 2.13. The second-order valence-electron chi connectivity index (χ2n) is 4.99. The molecule has 0 saturated heterocycles. The van der Waals surface area contributed by atoms with E-state index in [9.17, 15) is 4.79 Å². The molecule has 3 nitrogen and oxygen atoms in total.